The number of phenols is 1. The smallest absolute Gasteiger partial charge is 0.278 e. The first-order valence-electron chi connectivity index (χ1n) is 14.9. The highest BCUT2D eigenvalue weighted by Gasteiger charge is 2.39. The van der Waals surface area contributed by atoms with Gasteiger partial charge in [-0.3, -0.25) is 9.63 Å². The zero-order valence-electron chi connectivity index (χ0n) is 25.5. The van der Waals surface area contributed by atoms with Crippen molar-refractivity contribution in [2.24, 2.45) is 0 Å². The number of para-hydroxylation sites is 1. The summed E-state index contributed by atoms with van der Waals surface area (Å²) in [6.45, 7) is 4.15. The number of hydroxylamine groups is 1. The van der Waals surface area contributed by atoms with Crippen LogP contribution >= 0.6 is 0 Å². The van der Waals surface area contributed by atoms with Gasteiger partial charge in [0.25, 0.3) is 5.91 Å². The number of carbonyl (C=O) groups is 1. The first-order valence-corrected chi connectivity index (χ1v) is 14.9. The summed E-state index contributed by atoms with van der Waals surface area (Å²) in [5.41, 5.74) is 9.44. The summed E-state index contributed by atoms with van der Waals surface area (Å²) in [5.74, 6) is -1.12. The molecule has 0 aliphatic heterocycles. The molecule has 1 aromatic heterocycles. The van der Waals surface area contributed by atoms with E-state index in [2.05, 4.69) is 115 Å². The average Bonchev–Trinajstić information content (AvgIpc) is 3.56. The molecule has 0 saturated heterocycles. The number of aryl methyl sites for hydroxylation is 1. The van der Waals surface area contributed by atoms with Crippen molar-refractivity contribution in [3.63, 3.8) is 0 Å². The van der Waals surface area contributed by atoms with Crippen molar-refractivity contribution < 1.29 is 14.7 Å². The maximum absolute atomic E-state index is 12.8. The van der Waals surface area contributed by atoms with Gasteiger partial charge in [0, 0.05) is 11.8 Å². The van der Waals surface area contributed by atoms with Crippen LogP contribution in [0, 0.1) is 13.8 Å². The van der Waals surface area contributed by atoms with Gasteiger partial charge in [0.2, 0.25) is 0 Å². The third kappa shape index (κ3) is 5.30. The number of hydrogen-bond donors (Lipinski definition) is 2. The van der Waals surface area contributed by atoms with Gasteiger partial charge < -0.3 is 9.67 Å². The highest BCUT2D eigenvalue weighted by Crippen LogP contribution is 2.44. The van der Waals surface area contributed by atoms with Gasteiger partial charge in [0.1, 0.15) is 11.3 Å². The van der Waals surface area contributed by atoms with Crippen LogP contribution in [0.2, 0.25) is 0 Å². The standard InChI is InChI=1S/C39H35N3O3/c1-27-15-13-22-32(28(27)2)36(33-23-14-24-34(37(33)43)38(44)41-45-3)35-25-42(26-40-35)39(29-16-7-4-8-17-29,30-18-9-5-10-19-30)31-20-11-6-12-21-31/h4-26,36,43H,1-3H3,(H,41,44). The number of rotatable bonds is 9. The van der Waals surface area contributed by atoms with Crippen LogP contribution in [0.15, 0.2) is 140 Å². The lowest BCUT2D eigenvalue weighted by atomic mass is 9.76. The van der Waals surface area contributed by atoms with Crippen molar-refractivity contribution in [3.05, 3.63) is 190 Å². The van der Waals surface area contributed by atoms with E-state index in [9.17, 15) is 9.90 Å². The maximum atomic E-state index is 12.8. The minimum Gasteiger partial charge on any atom is -0.507 e. The predicted octanol–water partition coefficient (Wildman–Crippen LogP) is 7.52. The second-order valence-corrected chi connectivity index (χ2v) is 11.1. The molecule has 0 aliphatic carbocycles. The minimum atomic E-state index is -0.747. The zero-order chi connectivity index (χ0) is 31.4. The average molecular weight is 594 g/mol. The number of aromatic hydroxyl groups is 1. The topological polar surface area (TPSA) is 76.4 Å². The Balaban J connectivity index is 1.63. The van der Waals surface area contributed by atoms with Crippen molar-refractivity contribution in [2.75, 3.05) is 7.11 Å². The molecule has 0 radical (unpaired) electrons. The van der Waals surface area contributed by atoms with Gasteiger partial charge >= 0.3 is 0 Å². The Labute approximate surface area is 263 Å². The summed E-state index contributed by atoms with van der Waals surface area (Å²) in [6.07, 6.45) is 3.94. The van der Waals surface area contributed by atoms with E-state index in [0.29, 0.717) is 5.56 Å². The molecule has 1 amide bonds. The largest absolute Gasteiger partial charge is 0.507 e. The second kappa shape index (κ2) is 12.6. The number of phenolic OH excluding ortho intramolecular Hbond substituents is 1. The lowest BCUT2D eigenvalue weighted by Crippen LogP contribution is -2.37. The SMILES string of the molecule is CONC(=O)c1cccc(C(c2cn(C(c3ccccc3)(c3ccccc3)c3ccccc3)cn2)c2cccc(C)c2C)c1O. The number of imidazole rings is 1. The number of carbonyl (C=O) groups excluding carboxylic acids is 1. The highest BCUT2D eigenvalue weighted by molar-refractivity contribution is 5.96. The third-order valence-corrected chi connectivity index (χ3v) is 8.64. The fourth-order valence-corrected chi connectivity index (χ4v) is 6.35. The molecule has 0 saturated carbocycles. The van der Waals surface area contributed by atoms with E-state index in [1.807, 2.05) is 36.7 Å². The molecular weight excluding hydrogens is 558 g/mol. The molecule has 1 heterocycles. The number of hydrogen-bond acceptors (Lipinski definition) is 4. The lowest BCUT2D eigenvalue weighted by Gasteiger charge is -2.37. The lowest BCUT2D eigenvalue weighted by molar-refractivity contribution is 0.0535. The molecule has 6 aromatic rings. The van der Waals surface area contributed by atoms with E-state index in [-0.39, 0.29) is 11.3 Å². The molecular formula is C39H35N3O3. The Morgan fingerprint density at radius 3 is 1.84 bits per heavy atom. The number of aromatic nitrogens is 2. The number of nitrogens with one attached hydrogen (secondary N) is 1. The van der Waals surface area contributed by atoms with E-state index in [0.717, 1.165) is 39.1 Å². The van der Waals surface area contributed by atoms with Crippen LogP contribution < -0.4 is 5.48 Å². The van der Waals surface area contributed by atoms with Crippen molar-refractivity contribution >= 4 is 5.91 Å². The van der Waals surface area contributed by atoms with Crippen LogP contribution in [0.4, 0.5) is 0 Å². The van der Waals surface area contributed by atoms with Gasteiger partial charge in [-0.2, -0.15) is 0 Å². The molecule has 224 valence electrons. The molecule has 5 aromatic carbocycles. The molecule has 2 N–H and O–H groups in total. The number of amides is 1. The Hall–Kier alpha value is -5.46. The van der Waals surface area contributed by atoms with Gasteiger partial charge in [-0.05, 0) is 53.3 Å². The van der Waals surface area contributed by atoms with E-state index >= 15 is 0 Å². The molecule has 1 atom stereocenters. The Morgan fingerprint density at radius 2 is 1.29 bits per heavy atom. The van der Waals surface area contributed by atoms with Gasteiger partial charge in [-0.25, -0.2) is 10.5 Å². The molecule has 0 bridgehead atoms. The first-order chi connectivity index (χ1) is 22.0. The normalized spacial score (nSPS) is 12.1. The van der Waals surface area contributed by atoms with Crippen molar-refractivity contribution in [3.8, 4) is 5.75 Å². The van der Waals surface area contributed by atoms with Crippen LogP contribution in [0.25, 0.3) is 0 Å². The molecule has 45 heavy (non-hydrogen) atoms. The van der Waals surface area contributed by atoms with Gasteiger partial charge in [0.15, 0.2) is 0 Å². The van der Waals surface area contributed by atoms with Gasteiger partial charge in [0.05, 0.1) is 30.6 Å². The molecule has 0 fully saturated rings. The molecule has 6 rings (SSSR count). The maximum Gasteiger partial charge on any atom is 0.278 e. The Morgan fingerprint density at radius 1 is 0.756 bits per heavy atom. The fraction of sp³-hybridized carbons (Fsp3) is 0.128. The van der Waals surface area contributed by atoms with Crippen molar-refractivity contribution in [1.29, 1.82) is 0 Å². The summed E-state index contributed by atoms with van der Waals surface area (Å²) in [6, 6.07) is 42.6. The minimum absolute atomic E-state index is 0.118. The molecule has 0 spiro atoms. The van der Waals surface area contributed by atoms with Gasteiger partial charge in [-0.15, -0.1) is 0 Å². The fourth-order valence-electron chi connectivity index (χ4n) is 6.35. The Kier molecular flexibility index (Phi) is 8.32. The quantitative estimate of drug-likeness (QED) is 0.134. The first kappa shape index (κ1) is 29.6. The molecule has 6 nitrogen and oxygen atoms in total. The van der Waals surface area contributed by atoms with E-state index < -0.39 is 17.4 Å². The van der Waals surface area contributed by atoms with Crippen LogP contribution in [0.3, 0.4) is 0 Å². The van der Waals surface area contributed by atoms with Crippen molar-refractivity contribution in [2.45, 2.75) is 25.3 Å². The number of benzene rings is 5. The summed E-state index contributed by atoms with van der Waals surface area (Å²) in [5, 5.41) is 11.6. The Bertz CT molecular complexity index is 1820. The molecule has 0 aliphatic rings. The zero-order valence-corrected chi connectivity index (χ0v) is 25.5. The van der Waals surface area contributed by atoms with Crippen LogP contribution in [-0.2, 0) is 10.4 Å². The second-order valence-electron chi connectivity index (χ2n) is 11.1. The molecule has 1 unspecified atom stereocenters. The summed E-state index contributed by atoms with van der Waals surface area (Å²) in [7, 11) is 1.36. The van der Waals surface area contributed by atoms with Crippen LogP contribution in [0.5, 0.6) is 5.75 Å². The number of nitrogens with zero attached hydrogens (tertiary/aromatic N) is 2. The van der Waals surface area contributed by atoms with E-state index in [1.165, 1.54) is 7.11 Å². The van der Waals surface area contributed by atoms with Crippen LogP contribution in [0.1, 0.15) is 60.9 Å². The monoisotopic (exact) mass is 593 g/mol. The summed E-state index contributed by atoms with van der Waals surface area (Å²) < 4.78 is 2.17. The van der Waals surface area contributed by atoms with Crippen molar-refractivity contribution in [1.82, 2.24) is 15.0 Å². The van der Waals surface area contributed by atoms with Gasteiger partial charge in [-0.1, -0.05) is 121 Å². The predicted molar refractivity (Wildman–Crippen MR) is 176 cm³/mol. The third-order valence-electron chi connectivity index (χ3n) is 8.64. The summed E-state index contributed by atoms with van der Waals surface area (Å²) in [4.78, 5) is 22.7. The van der Waals surface area contributed by atoms with Crippen LogP contribution in [-0.4, -0.2) is 27.7 Å². The van der Waals surface area contributed by atoms with E-state index in [4.69, 9.17) is 9.82 Å². The highest BCUT2D eigenvalue weighted by atomic mass is 16.6. The van der Waals surface area contributed by atoms with E-state index in [1.54, 1.807) is 12.1 Å². The molecule has 6 heteroatoms. The summed E-state index contributed by atoms with van der Waals surface area (Å²) >= 11 is 0.